The number of aliphatic hydroxyl groups excluding tert-OH is 3. The Hall–Kier alpha value is -2.45. The number of aromatic nitrogens is 3. The Labute approximate surface area is 155 Å². The van der Waals surface area contributed by atoms with Crippen LogP contribution >= 0.6 is 11.6 Å². The van der Waals surface area contributed by atoms with Gasteiger partial charge in [0.25, 0.3) is 0 Å². The van der Waals surface area contributed by atoms with Gasteiger partial charge in [0.2, 0.25) is 0 Å². The van der Waals surface area contributed by atoms with Crippen LogP contribution in [0.15, 0.2) is 60.8 Å². The summed E-state index contributed by atoms with van der Waals surface area (Å²) in [6.07, 6.45) is -2.87. The van der Waals surface area contributed by atoms with Gasteiger partial charge in [0, 0.05) is 5.02 Å². The molecule has 136 valence electrons. The Morgan fingerprint density at radius 3 is 2.38 bits per heavy atom. The van der Waals surface area contributed by atoms with Gasteiger partial charge in [-0.2, -0.15) is 15.0 Å². The van der Waals surface area contributed by atoms with E-state index in [0.29, 0.717) is 16.5 Å². The highest BCUT2D eigenvalue weighted by atomic mass is 35.5. The van der Waals surface area contributed by atoms with Crippen LogP contribution in [0.1, 0.15) is 11.8 Å². The Kier molecular flexibility index (Phi) is 5.85. The highest BCUT2D eigenvalue weighted by Crippen LogP contribution is 2.20. The fourth-order valence-electron chi connectivity index (χ4n) is 2.29. The predicted molar refractivity (Wildman–Crippen MR) is 95.3 cm³/mol. The second-order valence-electron chi connectivity index (χ2n) is 5.66. The van der Waals surface area contributed by atoms with Crippen molar-refractivity contribution in [2.45, 2.75) is 18.3 Å². The van der Waals surface area contributed by atoms with Crippen molar-refractivity contribution in [3.63, 3.8) is 0 Å². The van der Waals surface area contributed by atoms with Crippen LogP contribution in [0.2, 0.25) is 5.02 Å². The van der Waals surface area contributed by atoms with Crippen LogP contribution in [0.25, 0.3) is 5.69 Å². The standard InChI is InChI=1S/C18H18ClN3O4/c19-12-6-8-14(9-7-12)26-11-16(23)18(25)17(24)15-10-20-22(21-15)13-4-2-1-3-5-13/h1-10,16-18,23-25H,11H2/t16-,17-,18+/m1/s1. The minimum Gasteiger partial charge on any atom is -0.491 e. The van der Waals surface area contributed by atoms with Gasteiger partial charge in [-0.15, -0.1) is 0 Å². The van der Waals surface area contributed by atoms with E-state index in [-0.39, 0.29) is 12.3 Å². The van der Waals surface area contributed by atoms with E-state index in [0.717, 1.165) is 0 Å². The van der Waals surface area contributed by atoms with Gasteiger partial charge < -0.3 is 20.1 Å². The van der Waals surface area contributed by atoms with Gasteiger partial charge in [-0.1, -0.05) is 29.8 Å². The summed E-state index contributed by atoms with van der Waals surface area (Å²) in [6, 6.07) is 15.7. The van der Waals surface area contributed by atoms with E-state index < -0.39 is 18.3 Å². The van der Waals surface area contributed by atoms with Crippen molar-refractivity contribution in [2.24, 2.45) is 0 Å². The average molecular weight is 376 g/mol. The molecule has 1 aromatic heterocycles. The van der Waals surface area contributed by atoms with Gasteiger partial charge in [-0.05, 0) is 36.4 Å². The number of hydrogen-bond acceptors (Lipinski definition) is 6. The monoisotopic (exact) mass is 375 g/mol. The Morgan fingerprint density at radius 2 is 1.69 bits per heavy atom. The minimum atomic E-state index is -1.48. The molecule has 0 saturated carbocycles. The van der Waals surface area contributed by atoms with Crippen LogP contribution < -0.4 is 4.74 Å². The average Bonchev–Trinajstić information content (AvgIpc) is 3.17. The third-order valence-corrected chi connectivity index (χ3v) is 4.00. The van der Waals surface area contributed by atoms with E-state index in [2.05, 4.69) is 10.2 Å². The lowest BCUT2D eigenvalue weighted by atomic mass is 10.1. The van der Waals surface area contributed by atoms with Crippen LogP contribution in [0.5, 0.6) is 5.75 Å². The molecule has 26 heavy (non-hydrogen) atoms. The highest BCUT2D eigenvalue weighted by Gasteiger charge is 2.28. The lowest BCUT2D eigenvalue weighted by molar-refractivity contribution is -0.0755. The Balaban J connectivity index is 1.60. The van der Waals surface area contributed by atoms with E-state index in [1.807, 2.05) is 18.2 Å². The zero-order valence-corrected chi connectivity index (χ0v) is 14.4. The zero-order chi connectivity index (χ0) is 18.5. The van der Waals surface area contributed by atoms with Gasteiger partial charge in [0.1, 0.15) is 36.4 Å². The summed E-state index contributed by atoms with van der Waals surface area (Å²) in [5.74, 6) is 0.491. The highest BCUT2D eigenvalue weighted by molar-refractivity contribution is 6.30. The van der Waals surface area contributed by atoms with E-state index >= 15 is 0 Å². The van der Waals surface area contributed by atoms with Crippen LogP contribution in [0.3, 0.4) is 0 Å². The molecule has 2 aromatic carbocycles. The summed E-state index contributed by atoms with van der Waals surface area (Å²) < 4.78 is 5.38. The summed E-state index contributed by atoms with van der Waals surface area (Å²) in [5.41, 5.74) is 0.860. The van der Waals surface area contributed by atoms with Crippen molar-refractivity contribution in [1.29, 1.82) is 0 Å². The molecular formula is C18H18ClN3O4. The normalized spacial score (nSPS) is 14.6. The molecule has 0 aliphatic rings. The summed E-state index contributed by atoms with van der Waals surface area (Å²) in [4.78, 5) is 1.34. The van der Waals surface area contributed by atoms with Gasteiger partial charge in [-0.25, -0.2) is 0 Å². The topological polar surface area (TPSA) is 101 Å². The maximum atomic E-state index is 10.3. The predicted octanol–water partition coefficient (Wildman–Crippen LogP) is 1.75. The number of halogens is 1. The molecular weight excluding hydrogens is 358 g/mol. The number of para-hydroxylation sites is 1. The number of rotatable bonds is 7. The molecule has 0 saturated heterocycles. The number of aliphatic hydroxyl groups is 3. The summed E-state index contributed by atoms with van der Waals surface area (Å²) in [5, 5.41) is 39.3. The molecule has 0 fully saturated rings. The van der Waals surface area contributed by atoms with E-state index in [1.165, 1.54) is 11.0 Å². The molecule has 3 N–H and O–H groups in total. The summed E-state index contributed by atoms with van der Waals surface area (Å²) in [7, 11) is 0. The van der Waals surface area contributed by atoms with Crippen molar-refractivity contribution in [3.05, 3.63) is 71.5 Å². The van der Waals surface area contributed by atoms with Crippen LogP contribution in [-0.2, 0) is 0 Å². The molecule has 0 bridgehead atoms. The Morgan fingerprint density at radius 1 is 1.00 bits per heavy atom. The number of ether oxygens (including phenoxy) is 1. The van der Waals surface area contributed by atoms with Crippen molar-refractivity contribution in [1.82, 2.24) is 15.0 Å². The summed E-state index contributed by atoms with van der Waals surface area (Å²) >= 11 is 5.79. The summed E-state index contributed by atoms with van der Waals surface area (Å²) in [6.45, 7) is -0.202. The third kappa shape index (κ3) is 4.39. The van der Waals surface area contributed by atoms with Gasteiger partial charge in [0.05, 0.1) is 11.9 Å². The first-order chi connectivity index (χ1) is 12.5. The number of hydrogen-bond donors (Lipinski definition) is 3. The maximum Gasteiger partial charge on any atom is 0.128 e. The van der Waals surface area contributed by atoms with E-state index in [1.54, 1.807) is 36.4 Å². The van der Waals surface area contributed by atoms with Gasteiger partial charge in [-0.3, -0.25) is 0 Å². The fourth-order valence-corrected chi connectivity index (χ4v) is 2.42. The first-order valence-corrected chi connectivity index (χ1v) is 8.32. The van der Waals surface area contributed by atoms with Gasteiger partial charge >= 0.3 is 0 Å². The Bertz CT molecular complexity index is 826. The van der Waals surface area contributed by atoms with Crippen molar-refractivity contribution in [2.75, 3.05) is 6.61 Å². The van der Waals surface area contributed by atoms with Crippen molar-refractivity contribution in [3.8, 4) is 11.4 Å². The largest absolute Gasteiger partial charge is 0.491 e. The van der Waals surface area contributed by atoms with Crippen molar-refractivity contribution < 1.29 is 20.1 Å². The number of benzene rings is 2. The quantitative estimate of drug-likeness (QED) is 0.581. The minimum absolute atomic E-state index is 0.145. The lowest BCUT2D eigenvalue weighted by Crippen LogP contribution is -2.36. The van der Waals surface area contributed by atoms with Crippen LogP contribution in [0, 0.1) is 0 Å². The molecule has 0 unspecified atom stereocenters. The second kappa shape index (κ2) is 8.29. The smallest absolute Gasteiger partial charge is 0.128 e. The molecule has 0 aliphatic heterocycles. The maximum absolute atomic E-state index is 10.3. The molecule has 3 atom stereocenters. The second-order valence-corrected chi connectivity index (χ2v) is 6.10. The SMILES string of the molecule is O[C@@H]([C@H](O)COc1ccc(Cl)cc1)[C@H](O)c1cnn(-c2ccccc2)n1. The first-order valence-electron chi connectivity index (χ1n) is 7.95. The molecule has 7 nitrogen and oxygen atoms in total. The van der Waals surface area contributed by atoms with Crippen LogP contribution in [0.4, 0.5) is 0 Å². The fraction of sp³-hybridized carbons (Fsp3) is 0.222. The molecule has 0 radical (unpaired) electrons. The molecule has 8 heteroatoms. The molecule has 0 aliphatic carbocycles. The van der Waals surface area contributed by atoms with Gasteiger partial charge in [0.15, 0.2) is 0 Å². The third-order valence-electron chi connectivity index (χ3n) is 3.75. The number of nitrogens with zero attached hydrogens (tertiary/aromatic N) is 3. The molecule has 1 heterocycles. The first kappa shape index (κ1) is 18.3. The zero-order valence-electron chi connectivity index (χ0n) is 13.7. The van der Waals surface area contributed by atoms with E-state index in [9.17, 15) is 15.3 Å². The van der Waals surface area contributed by atoms with Crippen molar-refractivity contribution >= 4 is 11.6 Å². The molecule has 0 spiro atoms. The van der Waals surface area contributed by atoms with E-state index in [4.69, 9.17) is 16.3 Å². The molecule has 3 aromatic rings. The lowest BCUT2D eigenvalue weighted by Gasteiger charge is -2.21. The molecule has 0 amide bonds. The molecule has 3 rings (SSSR count). The van der Waals surface area contributed by atoms with Crippen LogP contribution in [-0.4, -0.2) is 49.1 Å².